The zero-order chi connectivity index (χ0) is 16.2. The summed E-state index contributed by atoms with van der Waals surface area (Å²) in [5, 5.41) is 0. The number of hydrogen-bond donors (Lipinski definition) is 2. The number of hydrogen-bond acceptors (Lipinski definition) is 4. The number of nitrogen functional groups attached to an aromatic ring is 1. The highest BCUT2D eigenvalue weighted by molar-refractivity contribution is 5.46. The van der Waals surface area contributed by atoms with Crippen LogP contribution >= 0.6 is 0 Å². The molecule has 1 aliphatic rings. The maximum Gasteiger partial charge on any atom is 0.131 e. The van der Waals surface area contributed by atoms with Crippen molar-refractivity contribution in [1.82, 2.24) is 0 Å². The number of allylic oxidation sites excluding steroid dienone is 2. The molecule has 0 heterocycles. The van der Waals surface area contributed by atoms with Gasteiger partial charge in [-0.1, -0.05) is 31.2 Å². The second-order valence-electron chi connectivity index (χ2n) is 5.57. The topological polar surface area (TPSA) is 70.5 Å². The zero-order valence-corrected chi connectivity index (χ0v) is 13.0. The van der Waals surface area contributed by atoms with Crippen LogP contribution in [0.25, 0.3) is 0 Å². The predicted octanol–water partition coefficient (Wildman–Crippen LogP) is 3.86. The Labute approximate surface area is 136 Å². The van der Waals surface area contributed by atoms with Crippen LogP contribution in [0.5, 0.6) is 17.2 Å². The molecular formula is C19H20N2O2. The molecule has 23 heavy (non-hydrogen) atoms. The monoisotopic (exact) mass is 308 g/mol. The van der Waals surface area contributed by atoms with Gasteiger partial charge in [-0.25, -0.2) is 0 Å². The number of nitrogens with two attached hydrogens (primary N) is 2. The molecular weight excluding hydrogens is 288 g/mol. The normalized spacial score (nSPS) is 20.0. The Morgan fingerprint density at radius 1 is 0.913 bits per heavy atom. The second kappa shape index (κ2) is 6.58. The number of benzene rings is 2. The maximum absolute atomic E-state index is 6.02. The van der Waals surface area contributed by atoms with Crippen molar-refractivity contribution in [2.75, 3.05) is 5.73 Å². The molecule has 118 valence electrons. The average molecular weight is 308 g/mol. The summed E-state index contributed by atoms with van der Waals surface area (Å²) in [5.74, 6) is 3.08. The lowest BCUT2D eigenvalue weighted by molar-refractivity contribution is 0.339. The molecule has 2 aromatic carbocycles. The molecule has 0 saturated carbocycles. The lowest BCUT2D eigenvalue weighted by atomic mass is 9.96. The van der Waals surface area contributed by atoms with Crippen LogP contribution in [-0.2, 0) is 0 Å². The number of rotatable bonds is 4. The molecule has 0 spiro atoms. The fourth-order valence-electron chi connectivity index (χ4n) is 2.37. The third kappa shape index (κ3) is 3.73. The van der Waals surface area contributed by atoms with E-state index in [0.29, 0.717) is 22.9 Å². The van der Waals surface area contributed by atoms with Gasteiger partial charge in [0.05, 0.1) is 0 Å². The largest absolute Gasteiger partial charge is 0.461 e. The van der Waals surface area contributed by atoms with Crippen LogP contribution in [-0.4, -0.2) is 6.04 Å². The first-order valence-electron chi connectivity index (χ1n) is 7.57. The average Bonchev–Trinajstić information content (AvgIpc) is 2.52. The van der Waals surface area contributed by atoms with Crippen molar-refractivity contribution < 1.29 is 9.47 Å². The molecule has 0 radical (unpaired) electrons. The van der Waals surface area contributed by atoms with Crippen molar-refractivity contribution in [1.29, 1.82) is 0 Å². The van der Waals surface area contributed by atoms with Gasteiger partial charge in [0.15, 0.2) is 0 Å². The van der Waals surface area contributed by atoms with Gasteiger partial charge in [-0.2, -0.15) is 0 Å². The van der Waals surface area contributed by atoms with E-state index in [1.807, 2.05) is 67.6 Å². The second-order valence-corrected chi connectivity index (χ2v) is 5.57. The Hall–Kier alpha value is -2.72. The lowest BCUT2D eigenvalue weighted by Crippen LogP contribution is -2.30. The highest BCUT2D eigenvalue weighted by atomic mass is 16.5. The first kappa shape index (κ1) is 15.2. The fraction of sp³-hybridized carbons (Fsp3) is 0.158. The summed E-state index contributed by atoms with van der Waals surface area (Å²) in [6.07, 6.45) is 5.84. The summed E-state index contributed by atoms with van der Waals surface area (Å²) in [6, 6.07) is 14.8. The molecule has 0 aliphatic heterocycles. The lowest BCUT2D eigenvalue weighted by Gasteiger charge is -2.23. The third-order valence-corrected chi connectivity index (χ3v) is 3.75. The Morgan fingerprint density at radius 3 is 2.30 bits per heavy atom. The van der Waals surface area contributed by atoms with Gasteiger partial charge >= 0.3 is 0 Å². The van der Waals surface area contributed by atoms with E-state index in [4.69, 9.17) is 20.9 Å². The summed E-state index contributed by atoms with van der Waals surface area (Å²) in [6.45, 7) is 2.05. The summed E-state index contributed by atoms with van der Waals surface area (Å²) in [7, 11) is 0. The quantitative estimate of drug-likeness (QED) is 0.841. The highest BCUT2D eigenvalue weighted by Crippen LogP contribution is 2.29. The van der Waals surface area contributed by atoms with E-state index in [1.165, 1.54) is 0 Å². The molecule has 2 unspecified atom stereocenters. The van der Waals surface area contributed by atoms with Gasteiger partial charge < -0.3 is 20.9 Å². The SMILES string of the molecule is CC1C(Oc2cccc(Oc3cccc(N)c3)c2)=CC=CC1N. The standard InChI is InChI=1S/C19H20N2O2/c1-13-18(21)9-4-10-19(13)23-17-8-3-7-16(12-17)22-15-6-2-5-14(20)11-15/h2-13,18H,20-21H2,1H3. The van der Waals surface area contributed by atoms with Gasteiger partial charge in [-0.3, -0.25) is 0 Å². The van der Waals surface area contributed by atoms with E-state index in [2.05, 4.69) is 0 Å². The van der Waals surface area contributed by atoms with Gasteiger partial charge in [-0.15, -0.1) is 0 Å². The van der Waals surface area contributed by atoms with Crippen LogP contribution in [0.15, 0.2) is 72.5 Å². The molecule has 0 bridgehead atoms. The first-order valence-corrected chi connectivity index (χ1v) is 7.57. The molecule has 0 amide bonds. The van der Waals surface area contributed by atoms with E-state index < -0.39 is 0 Å². The summed E-state index contributed by atoms with van der Waals surface area (Å²) < 4.78 is 11.8. The zero-order valence-electron chi connectivity index (χ0n) is 13.0. The summed E-state index contributed by atoms with van der Waals surface area (Å²) in [5.41, 5.74) is 12.5. The molecule has 0 fully saturated rings. The number of ether oxygens (including phenoxy) is 2. The molecule has 0 saturated heterocycles. The molecule has 4 heteroatoms. The number of anilines is 1. The maximum atomic E-state index is 6.02. The van der Waals surface area contributed by atoms with Gasteiger partial charge in [0.1, 0.15) is 23.0 Å². The smallest absolute Gasteiger partial charge is 0.131 e. The first-order chi connectivity index (χ1) is 11.1. The van der Waals surface area contributed by atoms with E-state index in [-0.39, 0.29) is 12.0 Å². The van der Waals surface area contributed by atoms with Gasteiger partial charge in [-0.05, 0) is 30.3 Å². The molecule has 1 aliphatic carbocycles. The van der Waals surface area contributed by atoms with Gasteiger partial charge in [0.2, 0.25) is 0 Å². The van der Waals surface area contributed by atoms with Gasteiger partial charge in [0, 0.05) is 29.8 Å². The molecule has 4 nitrogen and oxygen atoms in total. The van der Waals surface area contributed by atoms with Crippen LogP contribution in [0.4, 0.5) is 5.69 Å². The highest BCUT2D eigenvalue weighted by Gasteiger charge is 2.19. The Balaban J connectivity index is 1.75. The minimum atomic E-state index is -0.0262. The van der Waals surface area contributed by atoms with Gasteiger partial charge in [0.25, 0.3) is 0 Å². The van der Waals surface area contributed by atoms with Crippen LogP contribution in [0.1, 0.15) is 6.92 Å². The minimum Gasteiger partial charge on any atom is -0.461 e. The Kier molecular flexibility index (Phi) is 4.35. The Morgan fingerprint density at radius 2 is 1.57 bits per heavy atom. The van der Waals surface area contributed by atoms with Crippen molar-refractivity contribution in [2.24, 2.45) is 11.7 Å². The summed E-state index contributed by atoms with van der Waals surface area (Å²) >= 11 is 0. The van der Waals surface area contributed by atoms with Crippen molar-refractivity contribution >= 4 is 5.69 Å². The molecule has 2 aromatic rings. The van der Waals surface area contributed by atoms with E-state index in [1.54, 1.807) is 6.07 Å². The predicted molar refractivity (Wildman–Crippen MR) is 92.4 cm³/mol. The summed E-state index contributed by atoms with van der Waals surface area (Å²) in [4.78, 5) is 0. The minimum absolute atomic E-state index is 0.0262. The van der Waals surface area contributed by atoms with E-state index >= 15 is 0 Å². The van der Waals surface area contributed by atoms with Crippen molar-refractivity contribution in [3.63, 3.8) is 0 Å². The van der Waals surface area contributed by atoms with Crippen LogP contribution < -0.4 is 20.9 Å². The fourth-order valence-corrected chi connectivity index (χ4v) is 2.37. The van der Waals surface area contributed by atoms with E-state index in [0.717, 1.165) is 5.76 Å². The third-order valence-electron chi connectivity index (χ3n) is 3.75. The van der Waals surface area contributed by atoms with Crippen LogP contribution in [0, 0.1) is 5.92 Å². The van der Waals surface area contributed by atoms with Crippen molar-refractivity contribution in [2.45, 2.75) is 13.0 Å². The molecule has 0 aromatic heterocycles. The molecule has 4 N–H and O–H groups in total. The Bertz CT molecular complexity index is 753. The molecule has 2 atom stereocenters. The van der Waals surface area contributed by atoms with E-state index in [9.17, 15) is 0 Å². The molecule has 3 rings (SSSR count). The van der Waals surface area contributed by atoms with Crippen LogP contribution in [0.3, 0.4) is 0 Å². The van der Waals surface area contributed by atoms with Crippen molar-refractivity contribution in [3.05, 3.63) is 72.5 Å². The van der Waals surface area contributed by atoms with Crippen molar-refractivity contribution in [3.8, 4) is 17.2 Å². The van der Waals surface area contributed by atoms with Crippen LogP contribution in [0.2, 0.25) is 0 Å².